The zero-order chi connectivity index (χ0) is 22.0. The van der Waals surface area contributed by atoms with Crippen molar-refractivity contribution in [2.45, 2.75) is 43.0 Å². The van der Waals surface area contributed by atoms with Gasteiger partial charge in [-0.3, -0.25) is 4.90 Å². The van der Waals surface area contributed by atoms with Crippen molar-refractivity contribution in [2.24, 2.45) is 0 Å². The van der Waals surface area contributed by atoms with E-state index >= 15 is 0 Å². The summed E-state index contributed by atoms with van der Waals surface area (Å²) >= 11 is 0. The molecule has 5 heteroatoms. The van der Waals surface area contributed by atoms with Gasteiger partial charge in [0.25, 0.3) is 0 Å². The molecule has 3 aromatic carbocycles. The fourth-order valence-corrected chi connectivity index (χ4v) is 6.60. The average molecular weight is 447 g/mol. The van der Waals surface area contributed by atoms with Crippen molar-refractivity contribution >= 4 is 10.0 Å². The molecule has 1 unspecified atom stereocenters. The minimum Gasteiger partial charge on any atom is -0.296 e. The number of nitrogens with zero attached hydrogens (tertiary/aromatic N) is 1. The zero-order valence-electron chi connectivity index (χ0n) is 18.3. The molecular formula is C27H30N2O2S. The lowest BCUT2D eigenvalue weighted by molar-refractivity contribution is 0.182. The van der Waals surface area contributed by atoms with Gasteiger partial charge in [-0.1, -0.05) is 66.7 Å². The highest BCUT2D eigenvalue weighted by Gasteiger charge is 2.32. The first-order valence-electron chi connectivity index (χ1n) is 11.6. The van der Waals surface area contributed by atoms with Gasteiger partial charge in [-0.25, -0.2) is 13.1 Å². The van der Waals surface area contributed by atoms with Crippen molar-refractivity contribution in [2.75, 3.05) is 19.6 Å². The summed E-state index contributed by atoms with van der Waals surface area (Å²) in [5.41, 5.74) is 6.30. The largest absolute Gasteiger partial charge is 0.296 e. The van der Waals surface area contributed by atoms with E-state index in [-0.39, 0.29) is 0 Å². The number of aryl methyl sites for hydroxylation is 1. The van der Waals surface area contributed by atoms with Gasteiger partial charge in [0.1, 0.15) is 0 Å². The van der Waals surface area contributed by atoms with E-state index < -0.39 is 10.0 Å². The molecule has 0 spiro atoms. The molecule has 1 aliphatic heterocycles. The Hall–Kier alpha value is -2.47. The first-order valence-corrected chi connectivity index (χ1v) is 13.1. The molecule has 1 aliphatic carbocycles. The molecule has 0 fully saturated rings. The number of hydrogen-bond donors (Lipinski definition) is 1. The standard InChI is InChI=1S/C27H30N2O2S/c30-32(31,26-14-5-4-13-24(26)21-9-2-1-3-10-21)28-18-6-7-19-29-20-17-23-12-8-11-22-15-16-25(29)27(22)23/h1-5,8-14,25,28H,6-7,15-20H2. The lowest BCUT2D eigenvalue weighted by Crippen LogP contribution is -2.35. The highest BCUT2D eigenvalue weighted by atomic mass is 32.2. The molecule has 2 aliphatic rings. The molecule has 0 saturated carbocycles. The van der Waals surface area contributed by atoms with Crippen molar-refractivity contribution in [1.82, 2.24) is 9.62 Å². The molecule has 5 rings (SSSR count). The first kappa shape index (κ1) is 21.4. The van der Waals surface area contributed by atoms with Crippen molar-refractivity contribution in [3.8, 4) is 11.1 Å². The summed E-state index contributed by atoms with van der Waals surface area (Å²) in [6, 6.07) is 24.2. The van der Waals surface area contributed by atoms with Crippen molar-refractivity contribution < 1.29 is 8.42 Å². The van der Waals surface area contributed by atoms with Crippen LogP contribution in [0.25, 0.3) is 11.1 Å². The smallest absolute Gasteiger partial charge is 0.241 e. The summed E-state index contributed by atoms with van der Waals surface area (Å²) in [5.74, 6) is 0. The number of benzene rings is 3. The molecule has 1 atom stereocenters. The van der Waals surface area contributed by atoms with E-state index in [0.29, 0.717) is 17.5 Å². The van der Waals surface area contributed by atoms with Crippen LogP contribution in [0.2, 0.25) is 0 Å². The topological polar surface area (TPSA) is 49.4 Å². The number of hydrogen-bond acceptors (Lipinski definition) is 3. The second-order valence-corrected chi connectivity index (χ2v) is 10.5. The molecule has 0 amide bonds. The maximum atomic E-state index is 13.0. The predicted molar refractivity (Wildman–Crippen MR) is 129 cm³/mol. The Bertz CT molecular complexity index is 1190. The van der Waals surface area contributed by atoms with Crippen molar-refractivity contribution in [3.05, 3.63) is 89.5 Å². The number of sulfonamides is 1. The molecule has 1 N–H and O–H groups in total. The molecule has 0 bridgehead atoms. The molecule has 1 heterocycles. The maximum absolute atomic E-state index is 13.0. The average Bonchev–Trinajstić information content (AvgIpc) is 3.27. The van der Waals surface area contributed by atoms with Gasteiger partial charge in [-0.2, -0.15) is 0 Å². The van der Waals surface area contributed by atoms with Gasteiger partial charge in [0.05, 0.1) is 4.90 Å². The Balaban J connectivity index is 1.17. The Morgan fingerprint density at radius 2 is 1.59 bits per heavy atom. The molecule has 0 aromatic heterocycles. The summed E-state index contributed by atoms with van der Waals surface area (Å²) < 4.78 is 28.9. The van der Waals surface area contributed by atoms with Gasteiger partial charge in [0.2, 0.25) is 10.0 Å². The molecular weight excluding hydrogens is 416 g/mol. The second kappa shape index (κ2) is 9.18. The minimum atomic E-state index is -3.56. The summed E-state index contributed by atoms with van der Waals surface area (Å²) in [5, 5.41) is 0. The van der Waals surface area contributed by atoms with Crippen LogP contribution in [0.5, 0.6) is 0 Å². The van der Waals surface area contributed by atoms with Gasteiger partial charge in [-0.15, -0.1) is 0 Å². The molecule has 4 nitrogen and oxygen atoms in total. The fourth-order valence-electron chi connectivity index (χ4n) is 5.30. The van der Waals surface area contributed by atoms with E-state index in [1.54, 1.807) is 17.7 Å². The van der Waals surface area contributed by atoms with E-state index in [1.807, 2.05) is 42.5 Å². The Morgan fingerprint density at radius 3 is 2.44 bits per heavy atom. The second-order valence-electron chi connectivity index (χ2n) is 8.80. The summed E-state index contributed by atoms with van der Waals surface area (Å²) in [6.45, 7) is 2.60. The van der Waals surface area contributed by atoms with Crippen LogP contribution in [0.3, 0.4) is 0 Å². The van der Waals surface area contributed by atoms with Gasteiger partial charge >= 0.3 is 0 Å². The van der Waals surface area contributed by atoms with Crippen LogP contribution < -0.4 is 4.72 Å². The van der Waals surface area contributed by atoms with Crippen LogP contribution >= 0.6 is 0 Å². The first-order chi connectivity index (χ1) is 15.6. The third kappa shape index (κ3) is 4.25. The molecule has 3 aromatic rings. The van der Waals surface area contributed by atoms with Gasteiger partial charge in [0, 0.05) is 24.7 Å². The van der Waals surface area contributed by atoms with Crippen molar-refractivity contribution in [3.63, 3.8) is 0 Å². The minimum absolute atomic E-state index is 0.345. The van der Waals surface area contributed by atoms with Gasteiger partial charge in [-0.05, 0) is 67.0 Å². The quantitative estimate of drug-likeness (QED) is 0.498. The maximum Gasteiger partial charge on any atom is 0.241 e. The van der Waals surface area contributed by atoms with E-state index in [9.17, 15) is 8.42 Å². The lowest BCUT2D eigenvalue weighted by atomic mass is 9.93. The van der Waals surface area contributed by atoms with Crippen LogP contribution in [0.1, 0.15) is 42.0 Å². The normalized spacial score (nSPS) is 17.9. The molecule has 0 radical (unpaired) electrons. The van der Waals surface area contributed by atoms with Gasteiger partial charge in [0.15, 0.2) is 0 Å². The van der Waals surface area contributed by atoms with E-state index in [0.717, 1.165) is 43.5 Å². The van der Waals surface area contributed by atoms with E-state index in [1.165, 1.54) is 24.0 Å². The van der Waals surface area contributed by atoms with Crippen LogP contribution in [-0.4, -0.2) is 33.0 Å². The number of nitrogens with one attached hydrogen (secondary N) is 1. The summed E-state index contributed by atoms with van der Waals surface area (Å²) in [6.07, 6.45) is 5.37. The molecule has 0 saturated heterocycles. The molecule has 32 heavy (non-hydrogen) atoms. The van der Waals surface area contributed by atoms with Gasteiger partial charge < -0.3 is 0 Å². The predicted octanol–water partition coefficient (Wildman–Crippen LogP) is 4.96. The van der Waals surface area contributed by atoms with Crippen LogP contribution in [-0.2, 0) is 22.9 Å². The van der Waals surface area contributed by atoms with Crippen LogP contribution in [0.15, 0.2) is 77.7 Å². The zero-order valence-corrected chi connectivity index (χ0v) is 19.2. The number of rotatable bonds is 8. The van der Waals surface area contributed by atoms with Crippen LogP contribution in [0, 0.1) is 0 Å². The van der Waals surface area contributed by atoms with E-state index in [2.05, 4.69) is 27.8 Å². The Kier molecular flexibility index (Phi) is 6.13. The van der Waals surface area contributed by atoms with Crippen molar-refractivity contribution in [1.29, 1.82) is 0 Å². The number of unbranched alkanes of at least 4 members (excludes halogenated alkanes) is 1. The SMILES string of the molecule is O=S(=O)(NCCCCN1CCc2cccc3c2C1CC3)c1ccccc1-c1ccccc1. The molecule has 166 valence electrons. The highest BCUT2D eigenvalue weighted by molar-refractivity contribution is 7.89. The Labute approximate surface area is 191 Å². The third-order valence-corrected chi connectivity index (χ3v) is 8.36. The summed E-state index contributed by atoms with van der Waals surface area (Å²) in [7, 11) is -3.56. The third-order valence-electron chi connectivity index (χ3n) is 6.84. The lowest BCUT2D eigenvalue weighted by Gasteiger charge is -2.35. The van der Waals surface area contributed by atoms with Crippen LogP contribution in [0.4, 0.5) is 0 Å². The highest BCUT2D eigenvalue weighted by Crippen LogP contribution is 2.41. The summed E-state index contributed by atoms with van der Waals surface area (Å²) in [4.78, 5) is 2.95. The van der Waals surface area contributed by atoms with E-state index in [4.69, 9.17) is 0 Å². The fraction of sp³-hybridized carbons (Fsp3) is 0.333. The Morgan fingerprint density at radius 1 is 0.844 bits per heavy atom. The monoisotopic (exact) mass is 446 g/mol.